The quantitative estimate of drug-likeness (QED) is 0.395. The Morgan fingerprint density at radius 2 is 2.29 bits per heavy atom. The highest BCUT2D eigenvalue weighted by atomic mass is 16.4. The van der Waals surface area contributed by atoms with E-state index in [9.17, 15) is 4.79 Å². The maximum atomic E-state index is 10.7. The van der Waals surface area contributed by atoms with E-state index in [1.54, 1.807) is 0 Å². The number of carboxylic acids is 1. The third kappa shape index (κ3) is 3.24. The molecular formula is C8H14N4O2. The Balaban J connectivity index is 2.41. The van der Waals surface area contributed by atoms with Gasteiger partial charge < -0.3 is 10.4 Å². The van der Waals surface area contributed by atoms with Crippen LogP contribution in [0.4, 0.5) is 0 Å². The van der Waals surface area contributed by atoms with E-state index in [1.165, 1.54) is 0 Å². The Kier molecular flexibility index (Phi) is 4.22. The molecule has 0 aliphatic heterocycles. The van der Waals surface area contributed by atoms with E-state index in [2.05, 4.69) is 15.3 Å². The summed E-state index contributed by atoms with van der Waals surface area (Å²) < 4.78 is 0. The smallest absolute Gasteiger partial charge is 0.320 e. The van der Waals surface area contributed by atoms with Gasteiger partial charge in [-0.05, 0) is 18.4 Å². The van der Waals surface area contributed by atoms with E-state index < -0.39 is 12.0 Å². The Morgan fingerprint density at radius 1 is 1.64 bits per heavy atom. The molecule has 0 aromatic rings. The fraction of sp³-hybridized carbons (Fsp3) is 0.875. The van der Waals surface area contributed by atoms with E-state index in [0.717, 1.165) is 25.7 Å². The van der Waals surface area contributed by atoms with E-state index in [4.69, 9.17) is 10.6 Å². The second kappa shape index (κ2) is 5.47. The lowest BCUT2D eigenvalue weighted by molar-refractivity contribution is -0.139. The SMILES string of the molecule is [N-]=[N+]=NCC(NC1CCCC1)C(=O)O. The van der Waals surface area contributed by atoms with Crippen molar-refractivity contribution in [1.29, 1.82) is 0 Å². The number of carboxylic acid groups (broad SMARTS) is 1. The topological polar surface area (TPSA) is 98.1 Å². The van der Waals surface area contributed by atoms with Crippen molar-refractivity contribution in [2.75, 3.05) is 6.54 Å². The van der Waals surface area contributed by atoms with Crippen LogP contribution >= 0.6 is 0 Å². The summed E-state index contributed by atoms with van der Waals surface area (Å²) in [4.78, 5) is 13.3. The van der Waals surface area contributed by atoms with Gasteiger partial charge in [0, 0.05) is 11.0 Å². The highest BCUT2D eigenvalue weighted by Gasteiger charge is 2.22. The summed E-state index contributed by atoms with van der Waals surface area (Å²) in [6.45, 7) is -0.0255. The standard InChI is InChI=1S/C8H14N4O2/c9-12-10-5-7(8(13)14)11-6-3-1-2-4-6/h6-7,11H,1-5H2,(H,13,14). The molecule has 0 radical (unpaired) electrons. The van der Waals surface area contributed by atoms with E-state index in [0.29, 0.717) is 0 Å². The fourth-order valence-electron chi connectivity index (χ4n) is 1.70. The van der Waals surface area contributed by atoms with Gasteiger partial charge in [0.2, 0.25) is 0 Å². The molecule has 0 bridgehead atoms. The molecule has 1 atom stereocenters. The molecular weight excluding hydrogens is 184 g/mol. The van der Waals surface area contributed by atoms with Crippen molar-refractivity contribution < 1.29 is 9.90 Å². The van der Waals surface area contributed by atoms with Crippen LogP contribution in [0.2, 0.25) is 0 Å². The minimum Gasteiger partial charge on any atom is -0.480 e. The first-order valence-electron chi connectivity index (χ1n) is 4.73. The number of azide groups is 1. The second-order valence-electron chi connectivity index (χ2n) is 3.45. The lowest BCUT2D eigenvalue weighted by Gasteiger charge is -2.17. The number of hydrogen-bond acceptors (Lipinski definition) is 3. The number of aliphatic carboxylic acids is 1. The molecule has 1 unspecified atom stereocenters. The Bertz CT molecular complexity index is 244. The van der Waals surface area contributed by atoms with Crippen LogP contribution in [-0.2, 0) is 4.79 Å². The molecule has 14 heavy (non-hydrogen) atoms. The fourth-order valence-corrected chi connectivity index (χ4v) is 1.70. The van der Waals surface area contributed by atoms with Gasteiger partial charge >= 0.3 is 5.97 Å². The average Bonchev–Trinajstić information content (AvgIpc) is 2.64. The summed E-state index contributed by atoms with van der Waals surface area (Å²) in [5, 5.41) is 15.1. The van der Waals surface area contributed by atoms with Crippen LogP contribution in [0, 0.1) is 0 Å². The largest absolute Gasteiger partial charge is 0.480 e. The number of rotatable bonds is 5. The molecule has 6 heteroatoms. The van der Waals surface area contributed by atoms with Crippen molar-refractivity contribution in [2.24, 2.45) is 5.11 Å². The number of hydrogen-bond donors (Lipinski definition) is 2. The van der Waals surface area contributed by atoms with Gasteiger partial charge in [0.25, 0.3) is 0 Å². The first-order valence-corrected chi connectivity index (χ1v) is 4.73. The van der Waals surface area contributed by atoms with E-state index in [1.807, 2.05) is 0 Å². The van der Waals surface area contributed by atoms with Gasteiger partial charge in [0.05, 0.1) is 6.54 Å². The Labute approximate surface area is 81.9 Å². The predicted molar refractivity (Wildman–Crippen MR) is 50.8 cm³/mol. The third-order valence-corrected chi connectivity index (χ3v) is 2.42. The summed E-state index contributed by atoms with van der Waals surface area (Å²) in [5.74, 6) is -0.954. The van der Waals surface area contributed by atoms with Crippen LogP contribution < -0.4 is 5.32 Å². The van der Waals surface area contributed by atoms with Crippen molar-refractivity contribution in [3.63, 3.8) is 0 Å². The van der Waals surface area contributed by atoms with E-state index >= 15 is 0 Å². The molecule has 0 aromatic heterocycles. The van der Waals surface area contributed by atoms with Gasteiger partial charge in [-0.15, -0.1) is 0 Å². The molecule has 0 spiro atoms. The summed E-state index contributed by atoms with van der Waals surface area (Å²) in [5.41, 5.74) is 8.10. The predicted octanol–water partition coefficient (Wildman–Crippen LogP) is 1.28. The molecule has 6 nitrogen and oxygen atoms in total. The molecule has 0 aromatic carbocycles. The lowest BCUT2D eigenvalue weighted by atomic mass is 10.2. The van der Waals surface area contributed by atoms with Crippen LogP contribution in [-0.4, -0.2) is 29.7 Å². The molecule has 1 rings (SSSR count). The Hall–Kier alpha value is -1.26. The first kappa shape index (κ1) is 10.8. The summed E-state index contributed by atoms with van der Waals surface area (Å²) >= 11 is 0. The minimum absolute atomic E-state index is 0.0255. The number of nitrogens with one attached hydrogen (secondary N) is 1. The summed E-state index contributed by atoms with van der Waals surface area (Å²) in [7, 11) is 0. The molecule has 78 valence electrons. The highest BCUT2D eigenvalue weighted by Crippen LogP contribution is 2.18. The monoisotopic (exact) mass is 198 g/mol. The summed E-state index contributed by atoms with van der Waals surface area (Å²) in [6.07, 6.45) is 4.32. The van der Waals surface area contributed by atoms with Crippen molar-refractivity contribution in [2.45, 2.75) is 37.8 Å². The molecule has 1 aliphatic rings. The zero-order valence-corrected chi connectivity index (χ0v) is 7.89. The molecule has 0 saturated heterocycles. The van der Waals surface area contributed by atoms with Gasteiger partial charge in [-0.3, -0.25) is 4.79 Å². The van der Waals surface area contributed by atoms with Crippen LogP contribution in [0.1, 0.15) is 25.7 Å². The van der Waals surface area contributed by atoms with Crippen molar-refractivity contribution in [3.05, 3.63) is 10.4 Å². The van der Waals surface area contributed by atoms with Gasteiger partial charge in [0.15, 0.2) is 0 Å². The minimum atomic E-state index is -0.954. The van der Waals surface area contributed by atoms with Crippen molar-refractivity contribution >= 4 is 5.97 Å². The zero-order valence-electron chi connectivity index (χ0n) is 7.89. The maximum Gasteiger partial charge on any atom is 0.320 e. The molecule has 1 aliphatic carbocycles. The van der Waals surface area contributed by atoms with Crippen LogP contribution in [0.25, 0.3) is 10.4 Å². The summed E-state index contributed by atoms with van der Waals surface area (Å²) in [6, 6.07) is -0.473. The van der Waals surface area contributed by atoms with Crippen LogP contribution in [0.3, 0.4) is 0 Å². The molecule has 1 fully saturated rings. The van der Waals surface area contributed by atoms with Gasteiger partial charge in [0.1, 0.15) is 6.04 Å². The number of nitrogens with zero attached hydrogens (tertiary/aromatic N) is 3. The molecule has 1 saturated carbocycles. The third-order valence-electron chi connectivity index (χ3n) is 2.42. The highest BCUT2D eigenvalue weighted by molar-refractivity contribution is 5.73. The first-order chi connectivity index (χ1) is 6.74. The molecule has 0 heterocycles. The number of carbonyl (C=O) groups is 1. The van der Waals surface area contributed by atoms with Crippen molar-refractivity contribution in [1.82, 2.24) is 5.32 Å². The molecule has 0 amide bonds. The average molecular weight is 198 g/mol. The van der Waals surface area contributed by atoms with Crippen LogP contribution in [0.5, 0.6) is 0 Å². The lowest BCUT2D eigenvalue weighted by Crippen LogP contribution is -2.44. The van der Waals surface area contributed by atoms with Crippen molar-refractivity contribution in [3.8, 4) is 0 Å². The van der Waals surface area contributed by atoms with Crippen LogP contribution in [0.15, 0.2) is 5.11 Å². The van der Waals surface area contributed by atoms with Gasteiger partial charge in [-0.25, -0.2) is 0 Å². The van der Waals surface area contributed by atoms with Gasteiger partial charge in [-0.1, -0.05) is 18.0 Å². The van der Waals surface area contributed by atoms with E-state index in [-0.39, 0.29) is 12.6 Å². The maximum absolute atomic E-state index is 10.7. The zero-order chi connectivity index (χ0) is 10.4. The molecule has 2 N–H and O–H groups in total. The Morgan fingerprint density at radius 3 is 2.79 bits per heavy atom. The normalized spacial score (nSPS) is 18.9. The van der Waals surface area contributed by atoms with Gasteiger partial charge in [-0.2, -0.15) is 0 Å². The second-order valence-corrected chi connectivity index (χ2v) is 3.45.